The van der Waals surface area contributed by atoms with Crippen molar-refractivity contribution in [3.63, 3.8) is 0 Å². The zero-order valence-electron chi connectivity index (χ0n) is 13.5. The molecule has 1 N–H and O–H groups in total. The van der Waals surface area contributed by atoms with Crippen molar-refractivity contribution in [3.05, 3.63) is 54.1 Å². The van der Waals surface area contributed by atoms with Gasteiger partial charge in [0.15, 0.2) is 6.61 Å². The SMILES string of the molecule is COc1ccccc1NC(=O)COC(=O)c1ccc(SC(F)(F)F)cc1. The molecule has 0 aromatic heterocycles. The second kappa shape index (κ2) is 8.61. The number of halogens is 3. The minimum atomic E-state index is -4.40. The highest BCUT2D eigenvalue weighted by atomic mass is 32.2. The first kappa shape index (κ1) is 19.6. The third kappa shape index (κ3) is 5.99. The largest absolute Gasteiger partial charge is 0.495 e. The molecule has 0 radical (unpaired) electrons. The Morgan fingerprint density at radius 2 is 1.73 bits per heavy atom. The van der Waals surface area contributed by atoms with Gasteiger partial charge >= 0.3 is 11.5 Å². The van der Waals surface area contributed by atoms with Crippen LogP contribution in [0.25, 0.3) is 0 Å². The molecule has 0 spiro atoms. The van der Waals surface area contributed by atoms with Gasteiger partial charge in [0.2, 0.25) is 0 Å². The molecule has 2 rings (SSSR count). The van der Waals surface area contributed by atoms with Crippen LogP contribution in [0.5, 0.6) is 5.75 Å². The summed E-state index contributed by atoms with van der Waals surface area (Å²) < 4.78 is 46.7. The van der Waals surface area contributed by atoms with Crippen LogP contribution in [0.15, 0.2) is 53.4 Å². The molecule has 138 valence electrons. The minimum Gasteiger partial charge on any atom is -0.495 e. The van der Waals surface area contributed by atoms with Crippen LogP contribution >= 0.6 is 11.8 Å². The zero-order chi connectivity index (χ0) is 19.2. The van der Waals surface area contributed by atoms with Crippen molar-refractivity contribution < 1.29 is 32.2 Å². The van der Waals surface area contributed by atoms with Gasteiger partial charge in [0.05, 0.1) is 18.4 Å². The summed E-state index contributed by atoms with van der Waals surface area (Å²) >= 11 is -0.284. The highest BCUT2D eigenvalue weighted by molar-refractivity contribution is 8.00. The van der Waals surface area contributed by atoms with Gasteiger partial charge in [-0.3, -0.25) is 4.79 Å². The Balaban J connectivity index is 1.88. The van der Waals surface area contributed by atoms with Crippen molar-refractivity contribution >= 4 is 29.3 Å². The van der Waals surface area contributed by atoms with E-state index in [2.05, 4.69) is 5.32 Å². The van der Waals surface area contributed by atoms with Crippen molar-refractivity contribution in [2.45, 2.75) is 10.4 Å². The summed E-state index contributed by atoms with van der Waals surface area (Å²) in [5, 5.41) is 2.53. The van der Waals surface area contributed by atoms with Gasteiger partial charge in [0.25, 0.3) is 5.91 Å². The average Bonchev–Trinajstić information content (AvgIpc) is 2.59. The van der Waals surface area contributed by atoms with Gasteiger partial charge < -0.3 is 14.8 Å². The van der Waals surface area contributed by atoms with E-state index in [-0.39, 0.29) is 22.2 Å². The number of thioether (sulfide) groups is 1. The van der Waals surface area contributed by atoms with E-state index in [4.69, 9.17) is 9.47 Å². The monoisotopic (exact) mass is 385 g/mol. The fraction of sp³-hybridized carbons (Fsp3) is 0.176. The normalized spacial score (nSPS) is 10.9. The lowest BCUT2D eigenvalue weighted by atomic mass is 10.2. The van der Waals surface area contributed by atoms with Crippen molar-refractivity contribution in [3.8, 4) is 5.75 Å². The smallest absolute Gasteiger partial charge is 0.446 e. The summed E-state index contributed by atoms with van der Waals surface area (Å²) in [5.41, 5.74) is -3.94. The van der Waals surface area contributed by atoms with Crippen molar-refractivity contribution in [2.24, 2.45) is 0 Å². The molecule has 2 aromatic carbocycles. The van der Waals surface area contributed by atoms with Crippen LogP contribution in [0.2, 0.25) is 0 Å². The van der Waals surface area contributed by atoms with Crippen LogP contribution in [-0.4, -0.2) is 31.1 Å². The molecule has 26 heavy (non-hydrogen) atoms. The quantitative estimate of drug-likeness (QED) is 0.599. The molecule has 9 heteroatoms. The number of nitrogens with one attached hydrogen (secondary N) is 1. The van der Waals surface area contributed by atoms with Crippen LogP contribution in [0.1, 0.15) is 10.4 Å². The van der Waals surface area contributed by atoms with E-state index in [9.17, 15) is 22.8 Å². The average molecular weight is 385 g/mol. The fourth-order valence-electron chi connectivity index (χ4n) is 1.94. The third-order valence-corrected chi connectivity index (χ3v) is 3.78. The Labute approximate surface area is 151 Å². The molecule has 0 atom stereocenters. The summed E-state index contributed by atoms with van der Waals surface area (Å²) in [6.45, 7) is -0.546. The van der Waals surface area contributed by atoms with Gasteiger partial charge in [-0.1, -0.05) is 12.1 Å². The Morgan fingerprint density at radius 1 is 1.08 bits per heavy atom. The number of hydrogen-bond acceptors (Lipinski definition) is 5. The fourth-order valence-corrected chi connectivity index (χ4v) is 2.48. The van der Waals surface area contributed by atoms with Crippen molar-refractivity contribution in [2.75, 3.05) is 19.0 Å². The number of anilines is 1. The molecule has 5 nitrogen and oxygen atoms in total. The van der Waals surface area contributed by atoms with Gasteiger partial charge in [-0.05, 0) is 48.2 Å². The first-order valence-electron chi connectivity index (χ1n) is 7.24. The van der Waals surface area contributed by atoms with Crippen LogP contribution in [0, 0.1) is 0 Å². The molecule has 0 unspecified atom stereocenters. The molecule has 2 aromatic rings. The lowest BCUT2D eigenvalue weighted by Crippen LogP contribution is -2.21. The maximum atomic E-state index is 12.3. The predicted octanol–water partition coefficient (Wildman–Crippen LogP) is 4.10. The topological polar surface area (TPSA) is 64.6 Å². The zero-order valence-corrected chi connectivity index (χ0v) is 14.3. The predicted molar refractivity (Wildman–Crippen MR) is 90.3 cm³/mol. The Morgan fingerprint density at radius 3 is 2.35 bits per heavy atom. The second-order valence-electron chi connectivity index (χ2n) is 4.90. The molecular weight excluding hydrogens is 371 g/mol. The Hall–Kier alpha value is -2.68. The summed E-state index contributed by atoms with van der Waals surface area (Å²) in [6, 6.07) is 11.4. The van der Waals surface area contributed by atoms with Crippen LogP contribution in [-0.2, 0) is 9.53 Å². The number of amides is 1. The Bertz CT molecular complexity index is 778. The number of esters is 1. The molecular formula is C17H14F3NO4S. The molecule has 0 aliphatic carbocycles. The number of ether oxygens (including phenoxy) is 2. The molecule has 0 saturated carbocycles. The van der Waals surface area contributed by atoms with Gasteiger partial charge in [-0.25, -0.2) is 4.79 Å². The molecule has 0 bridgehead atoms. The number of hydrogen-bond donors (Lipinski definition) is 1. The molecule has 0 aliphatic heterocycles. The summed E-state index contributed by atoms with van der Waals surface area (Å²) in [5.74, 6) is -0.944. The van der Waals surface area contributed by atoms with Gasteiger partial charge in [0, 0.05) is 4.90 Å². The van der Waals surface area contributed by atoms with Crippen LogP contribution < -0.4 is 10.1 Å². The number of methoxy groups -OCH3 is 1. The number of alkyl halides is 3. The first-order valence-corrected chi connectivity index (χ1v) is 8.06. The van der Waals surface area contributed by atoms with Gasteiger partial charge in [-0.15, -0.1) is 0 Å². The molecule has 0 fully saturated rings. The highest BCUT2D eigenvalue weighted by Crippen LogP contribution is 2.36. The number of carbonyl (C=O) groups excluding carboxylic acids is 2. The Kier molecular flexibility index (Phi) is 6.51. The van der Waals surface area contributed by atoms with Crippen molar-refractivity contribution in [1.82, 2.24) is 0 Å². The second-order valence-corrected chi connectivity index (χ2v) is 6.04. The number of carbonyl (C=O) groups is 2. The third-order valence-electron chi connectivity index (χ3n) is 3.04. The molecule has 0 heterocycles. The van der Waals surface area contributed by atoms with E-state index in [1.165, 1.54) is 19.2 Å². The molecule has 0 saturated heterocycles. The van der Waals surface area contributed by atoms with Crippen LogP contribution in [0.3, 0.4) is 0 Å². The van der Waals surface area contributed by atoms with E-state index in [1.807, 2.05) is 0 Å². The lowest BCUT2D eigenvalue weighted by molar-refractivity contribution is -0.119. The summed E-state index contributed by atoms with van der Waals surface area (Å²) in [4.78, 5) is 23.7. The number of rotatable bonds is 6. The van der Waals surface area contributed by atoms with E-state index < -0.39 is 24.0 Å². The van der Waals surface area contributed by atoms with E-state index in [0.717, 1.165) is 12.1 Å². The molecule has 0 aliphatic rings. The van der Waals surface area contributed by atoms with Gasteiger partial charge in [-0.2, -0.15) is 13.2 Å². The maximum absolute atomic E-state index is 12.3. The maximum Gasteiger partial charge on any atom is 0.446 e. The van der Waals surface area contributed by atoms with Crippen LogP contribution in [0.4, 0.5) is 18.9 Å². The first-order chi connectivity index (χ1) is 12.3. The standard InChI is InChI=1S/C17H14F3NO4S/c1-24-14-5-3-2-4-13(14)21-15(22)10-25-16(23)11-6-8-12(9-7-11)26-17(18,19)20/h2-9H,10H2,1H3,(H,21,22). The lowest BCUT2D eigenvalue weighted by Gasteiger charge is -2.10. The summed E-state index contributed by atoms with van der Waals surface area (Å²) in [6.07, 6.45) is 0. The highest BCUT2D eigenvalue weighted by Gasteiger charge is 2.29. The van der Waals surface area contributed by atoms with E-state index in [0.29, 0.717) is 11.4 Å². The van der Waals surface area contributed by atoms with E-state index >= 15 is 0 Å². The van der Waals surface area contributed by atoms with Crippen molar-refractivity contribution in [1.29, 1.82) is 0 Å². The van der Waals surface area contributed by atoms with E-state index in [1.54, 1.807) is 24.3 Å². The van der Waals surface area contributed by atoms with Gasteiger partial charge in [0.1, 0.15) is 5.75 Å². The summed E-state index contributed by atoms with van der Waals surface area (Å²) in [7, 11) is 1.45. The number of para-hydroxylation sites is 2. The number of benzene rings is 2. The minimum absolute atomic E-state index is 0.0432. The molecule has 1 amide bonds.